The van der Waals surface area contributed by atoms with Gasteiger partial charge in [-0.15, -0.1) is 0 Å². The predicted octanol–water partition coefficient (Wildman–Crippen LogP) is 3.74. The lowest BCUT2D eigenvalue weighted by molar-refractivity contribution is -0.114. The standard InChI is InChI=1S/C24H27N3O5S/c1-17(2)18-10-12-19(13-11-18)27(33(3,30)31)16-23(28)26-22-9-5-4-8-21(22)24(29)25-15-20-7-6-14-32-20/h4-14,17H,15-16H2,1-3H3,(H,25,29)(H,26,28). The number of carbonyl (C=O) groups excluding carboxylic acids is 2. The van der Waals surface area contributed by atoms with Crippen LogP contribution in [0.3, 0.4) is 0 Å². The first-order valence-corrected chi connectivity index (χ1v) is 12.3. The summed E-state index contributed by atoms with van der Waals surface area (Å²) in [6.45, 7) is 3.85. The number of furan rings is 1. The number of benzene rings is 2. The van der Waals surface area contributed by atoms with Crippen LogP contribution in [0.2, 0.25) is 0 Å². The Balaban J connectivity index is 1.73. The summed E-state index contributed by atoms with van der Waals surface area (Å²) in [5.74, 6) is -0.0761. The van der Waals surface area contributed by atoms with E-state index >= 15 is 0 Å². The number of rotatable bonds is 9. The second-order valence-corrected chi connectivity index (χ2v) is 9.78. The molecule has 0 saturated carbocycles. The van der Waals surface area contributed by atoms with Crippen LogP contribution in [0.5, 0.6) is 0 Å². The van der Waals surface area contributed by atoms with Crippen LogP contribution in [0.4, 0.5) is 11.4 Å². The zero-order chi connectivity index (χ0) is 24.0. The Hall–Kier alpha value is -3.59. The van der Waals surface area contributed by atoms with Crippen LogP contribution in [0.1, 0.15) is 41.4 Å². The minimum Gasteiger partial charge on any atom is -0.467 e. The van der Waals surface area contributed by atoms with E-state index in [9.17, 15) is 18.0 Å². The molecule has 0 aliphatic heterocycles. The summed E-state index contributed by atoms with van der Waals surface area (Å²) in [6, 6.07) is 17.0. The molecule has 0 fully saturated rings. The molecule has 0 spiro atoms. The molecule has 8 nitrogen and oxygen atoms in total. The Morgan fingerprint density at radius 2 is 1.70 bits per heavy atom. The van der Waals surface area contributed by atoms with E-state index in [-0.39, 0.29) is 17.8 Å². The van der Waals surface area contributed by atoms with Gasteiger partial charge in [-0.1, -0.05) is 38.1 Å². The molecule has 33 heavy (non-hydrogen) atoms. The fraction of sp³-hybridized carbons (Fsp3) is 0.250. The van der Waals surface area contributed by atoms with Gasteiger partial charge < -0.3 is 15.1 Å². The van der Waals surface area contributed by atoms with Gasteiger partial charge in [-0.2, -0.15) is 0 Å². The van der Waals surface area contributed by atoms with Crippen LogP contribution in [0, 0.1) is 0 Å². The first-order valence-electron chi connectivity index (χ1n) is 10.4. The van der Waals surface area contributed by atoms with E-state index < -0.39 is 28.4 Å². The molecule has 0 unspecified atom stereocenters. The summed E-state index contributed by atoms with van der Waals surface area (Å²) in [6.07, 6.45) is 2.56. The number of sulfonamides is 1. The highest BCUT2D eigenvalue weighted by atomic mass is 32.2. The first-order chi connectivity index (χ1) is 15.6. The molecule has 2 N–H and O–H groups in total. The molecule has 3 aromatic rings. The average Bonchev–Trinajstić information content (AvgIpc) is 3.29. The topological polar surface area (TPSA) is 109 Å². The SMILES string of the molecule is CC(C)c1ccc(N(CC(=O)Nc2ccccc2C(=O)NCc2ccco2)S(C)(=O)=O)cc1. The number of hydrogen-bond acceptors (Lipinski definition) is 5. The van der Waals surface area contributed by atoms with Gasteiger partial charge in [-0.05, 0) is 47.9 Å². The third-order valence-corrected chi connectivity index (χ3v) is 6.12. The lowest BCUT2D eigenvalue weighted by Gasteiger charge is -2.22. The number of amides is 2. The van der Waals surface area contributed by atoms with E-state index in [0.717, 1.165) is 16.1 Å². The molecule has 1 aromatic heterocycles. The summed E-state index contributed by atoms with van der Waals surface area (Å²) in [5, 5.41) is 5.39. The average molecular weight is 470 g/mol. The summed E-state index contributed by atoms with van der Waals surface area (Å²) < 4.78 is 31.0. The number of carbonyl (C=O) groups is 2. The van der Waals surface area contributed by atoms with Gasteiger partial charge in [0.05, 0.1) is 36.0 Å². The molecule has 0 atom stereocenters. The Kier molecular flexibility index (Phi) is 7.55. The summed E-state index contributed by atoms with van der Waals surface area (Å²) in [5.41, 5.74) is 1.99. The van der Waals surface area contributed by atoms with Crippen LogP contribution in [0.15, 0.2) is 71.3 Å². The maximum absolute atomic E-state index is 12.8. The number of para-hydroxylation sites is 1. The number of anilines is 2. The fourth-order valence-corrected chi connectivity index (χ4v) is 4.07. The normalized spacial score (nSPS) is 11.3. The monoisotopic (exact) mass is 469 g/mol. The Bertz CT molecular complexity index is 1200. The highest BCUT2D eigenvalue weighted by molar-refractivity contribution is 7.92. The summed E-state index contributed by atoms with van der Waals surface area (Å²) in [4.78, 5) is 25.4. The summed E-state index contributed by atoms with van der Waals surface area (Å²) >= 11 is 0. The molecule has 0 saturated heterocycles. The van der Waals surface area contributed by atoms with E-state index in [2.05, 4.69) is 10.6 Å². The van der Waals surface area contributed by atoms with Crippen molar-refractivity contribution in [3.63, 3.8) is 0 Å². The van der Waals surface area contributed by atoms with Gasteiger partial charge in [0.15, 0.2) is 0 Å². The van der Waals surface area contributed by atoms with Gasteiger partial charge in [0.25, 0.3) is 5.91 Å². The molecule has 0 aliphatic carbocycles. The Morgan fingerprint density at radius 3 is 2.30 bits per heavy atom. The number of nitrogens with zero attached hydrogens (tertiary/aromatic N) is 1. The van der Waals surface area contributed by atoms with E-state index in [1.165, 1.54) is 6.26 Å². The van der Waals surface area contributed by atoms with E-state index in [1.807, 2.05) is 26.0 Å². The molecule has 2 amide bonds. The molecule has 1 heterocycles. The summed E-state index contributed by atoms with van der Waals surface area (Å²) in [7, 11) is -3.72. The Labute approximate surface area is 193 Å². The van der Waals surface area contributed by atoms with Crippen molar-refractivity contribution in [1.29, 1.82) is 0 Å². The fourth-order valence-electron chi connectivity index (χ4n) is 3.21. The van der Waals surface area contributed by atoms with Crippen LogP contribution >= 0.6 is 0 Å². The van der Waals surface area contributed by atoms with Crippen LogP contribution in [0.25, 0.3) is 0 Å². The molecule has 174 valence electrons. The number of hydrogen-bond donors (Lipinski definition) is 2. The van der Waals surface area contributed by atoms with E-state index in [1.54, 1.807) is 48.5 Å². The predicted molar refractivity (Wildman–Crippen MR) is 128 cm³/mol. The van der Waals surface area contributed by atoms with Gasteiger partial charge in [0.2, 0.25) is 15.9 Å². The van der Waals surface area contributed by atoms with Crippen molar-refractivity contribution in [3.05, 3.63) is 83.8 Å². The smallest absolute Gasteiger partial charge is 0.253 e. The van der Waals surface area contributed by atoms with Crippen molar-refractivity contribution < 1.29 is 22.4 Å². The van der Waals surface area contributed by atoms with E-state index in [0.29, 0.717) is 17.4 Å². The van der Waals surface area contributed by atoms with Crippen molar-refractivity contribution in [2.45, 2.75) is 26.3 Å². The minimum atomic E-state index is -3.72. The van der Waals surface area contributed by atoms with Gasteiger partial charge >= 0.3 is 0 Å². The molecule has 0 radical (unpaired) electrons. The molecule has 9 heteroatoms. The lowest BCUT2D eigenvalue weighted by Crippen LogP contribution is -2.37. The van der Waals surface area contributed by atoms with Crippen molar-refractivity contribution >= 4 is 33.2 Å². The molecule has 3 rings (SSSR count). The minimum absolute atomic E-state index is 0.197. The van der Waals surface area contributed by atoms with Gasteiger partial charge in [0.1, 0.15) is 12.3 Å². The number of nitrogens with one attached hydrogen (secondary N) is 2. The lowest BCUT2D eigenvalue weighted by atomic mass is 10.0. The maximum atomic E-state index is 12.8. The molecule has 0 bridgehead atoms. The van der Waals surface area contributed by atoms with Crippen LogP contribution in [-0.4, -0.2) is 33.0 Å². The molecule has 2 aromatic carbocycles. The van der Waals surface area contributed by atoms with Crippen molar-refractivity contribution in [2.24, 2.45) is 0 Å². The van der Waals surface area contributed by atoms with Crippen molar-refractivity contribution in [1.82, 2.24) is 5.32 Å². The van der Waals surface area contributed by atoms with Gasteiger partial charge in [-0.3, -0.25) is 13.9 Å². The van der Waals surface area contributed by atoms with Crippen LogP contribution < -0.4 is 14.9 Å². The van der Waals surface area contributed by atoms with Crippen LogP contribution in [-0.2, 0) is 21.4 Å². The van der Waals surface area contributed by atoms with Gasteiger partial charge in [-0.25, -0.2) is 8.42 Å². The van der Waals surface area contributed by atoms with E-state index in [4.69, 9.17) is 4.42 Å². The zero-order valence-electron chi connectivity index (χ0n) is 18.7. The second-order valence-electron chi connectivity index (χ2n) is 7.87. The third kappa shape index (κ3) is 6.45. The zero-order valence-corrected chi connectivity index (χ0v) is 19.6. The quantitative estimate of drug-likeness (QED) is 0.496. The molecular formula is C24H27N3O5S. The van der Waals surface area contributed by atoms with Gasteiger partial charge in [0, 0.05) is 0 Å². The molecule has 0 aliphatic rings. The second kappa shape index (κ2) is 10.4. The molecular weight excluding hydrogens is 442 g/mol. The highest BCUT2D eigenvalue weighted by Gasteiger charge is 2.22. The van der Waals surface area contributed by atoms with Crippen molar-refractivity contribution in [2.75, 3.05) is 22.4 Å². The maximum Gasteiger partial charge on any atom is 0.253 e. The third-order valence-electron chi connectivity index (χ3n) is 4.98. The highest BCUT2D eigenvalue weighted by Crippen LogP contribution is 2.22. The Morgan fingerprint density at radius 1 is 1.00 bits per heavy atom. The first kappa shape index (κ1) is 24.1. The largest absolute Gasteiger partial charge is 0.467 e. The van der Waals surface area contributed by atoms with Crippen molar-refractivity contribution in [3.8, 4) is 0 Å².